The number of hydrogen-bond donors (Lipinski definition) is 2. The molecule has 0 aliphatic heterocycles. The fourth-order valence-corrected chi connectivity index (χ4v) is 3.39. The van der Waals surface area contributed by atoms with Gasteiger partial charge in [0.2, 0.25) is 10.0 Å². The van der Waals surface area contributed by atoms with Crippen molar-refractivity contribution in [3.8, 4) is 5.75 Å². The van der Waals surface area contributed by atoms with Gasteiger partial charge in [0.05, 0.1) is 12.9 Å². The van der Waals surface area contributed by atoms with Gasteiger partial charge in [0.25, 0.3) is 5.91 Å². The highest BCUT2D eigenvalue weighted by Crippen LogP contribution is 2.24. The molecule has 7 heteroatoms. The van der Waals surface area contributed by atoms with Crippen LogP contribution in [0.25, 0.3) is 10.9 Å². The van der Waals surface area contributed by atoms with Crippen molar-refractivity contribution in [2.45, 2.75) is 19.8 Å². The monoisotopic (exact) mass is 386 g/mol. The summed E-state index contributed by atoms with van der Waals surface area (Å²) < 4.78 is 30.6. The molecule has 27 heavy (non-hydrogen) atoms. The molecular weight excluding hydrogens is 364 g/mol. The number of H-pyrrole nitrogens is 1. The highest BCUT2D eigenvalue weighted by atomic mass is 32.2. The van der Waals surface area contributed by atoms with Crippen molar-refractivity contribution in [1.82, 2.24) is 9.71 Å². The number of amides is 1. The molecule has 0 aliphatic rings. The number of fused-ring (bicyclic) bond motifs is 1. The number of aromatic amines is 1. The molecular formula is C20H22N2O4S. The molecule has 0 fully saturated rings. The minimum atomic E-state index is -3.63. The Morgan fingerprint density at radius 3 is 2.52 bits per heavy atom. The third-order valence-corrected chi connectivity index (χ3v) is 4.74. The Morgan fingerprint density at radius 1 is 1.11 bits per heavy atom. The van der Waals surface area contributed by atoms with E-state index in [0.717, 1.165) is 28.5 Å². The van der Waals surface area contributed by atoms with Crippen LogP contribution in [-0.2, 0) is 16.4 Å². The summed E-state index contributed by atoms with van der Waals surface area (Å²) >= 11 is 0. The zero-order chi connectivity index (χ0) is 19.4. The minimum Gasteiger partial charge on any atom is -0.494 e. The van der Waals surface area contributed by atoms with Crippen molar-refractivity contribution in [2.75, 3.05) is 12.9 Å². The third kappa shape index (κ3) is 4.89. The first-order valence-electron chi connectivity index (χ1n) is 8.64. The predicted octanol–water partition coefficient (Wildman–Crippen LogP) is 3.18. The maximum atomic E-state index is 12.4. The molecule has 142 valence electrons. The molecule has 2 N–H and O–H groups in total. The van der Waals surface area contributed by atoms with E-state index < -0.39 is 15.9 Å². The summed E-state index contributed by atoms with van der Waals surface area (Å²) in [6, 6.07) is 15.4. The van der Waals surface area contributed by atoms with Gasteiger partial charge in [0.15, 0.2) is 0 Å². The number of benzene rings is 2. The van der Waals surface area contributed by atoms with Crippen molar-refractivity contribution < 1.29 is 17.9 Å². The second kappa shape index (κ2) is 7.84. The molecule has 0 saturated carbocycles. The Bertz CT molecular complexity index is 1050. The van der Waals surface area contributed by atoms with E-state index in [1.165, 1.54) is 5.56 Å². The number of nitrogens with one attached hydrogen (secondary N) is 2. The van der Waals surface area contributed by atoms with E-state index in [9.17, 15) is 13.2 Å². The van der Waals surface area contributed by atoms with Crippen LogP contribution in [-0.4, -0.2) is 32.2 Å². The van der Waals surface area contributed by atoms with Gasteiger partial charge in [0.1, 0.15) is 11.4 Å². The highest BCUT2D eigenvalue weighted by Gasteiger charge is 2.19. The van der Waals surface area contributed by atoms with Crippen LogP contribution < -0.4 is 9.46 Å². The number of aromatic nitrogens is 1. The number of hydrogen-bond acceptors (Lipinski definition) is 4. The molecule has 0 atom stereocenters. The van der Waals surface area contributed by atoms with Gasteiger partial charge in [-0.3, -0.25) is 4.79 Å². The highest BCUT2D eigenvalue weighted by molar-refractivity contribution is 7.89. The van der Waals surface area contributed by atoms with Gasteiger partial charge in [-0.2, -0.15) is 0 Å². The van der Waals surface area contributed by atoms with Crippen molar-refractivity contribution in [3.05, 3.63) is 65.4 Å². The third-order valence-electron chi connectivity index (χ3n) is 4.18. The van der Waals surface area contributed by atoms with Crippen LogP contribution in [0.3, 0.4) is 0 Å². The van der Waals surface area contributed by atoms with Crippen LogP contribution in [0.5, 0.6) is 5.75 Å². The summed E-state index contributed by atoms with van der Waals surface area (Å²) in [5.41, 5.74) is 3.03. The lowest BCUT2D eigenvalue weighted by Crippen LogP contribution is -2.30. The molecule has 3 aromatic rings. The summed E-state index contributed by atoms with van der Waals surface area (Å²) in [5, 5.41) is 0.909. The number of carbonyl (C=O) groups excluding carboxylic acids is 1. The van der Waals surface area contributed by atoms with E-state index in [1.54, 1.807) is 0 Å². The molecule has 6 nitrogen and oxygen atoms in total. The maximum Gasteiger partial charge on any atom is 0.281 e. The van der Waals surface area contributed by atoms with Crippen LogP contribution in [0, 0.1) is 6.92 Å². The molecule has 2 aromatic carbocycles. The molecule has 3 rings (SSSR count). The molecule has 0 bridgehead atoms. The Labute approximate surface area is 158 Å². The van der Waals surface area contributed by atoms with Crippen LogP contribution in [0.1, 0.15) is 28.0 Å². The zero-order valence-corrected chi connectivity index (χ0v) is 16.1. The SMILES string of the molecule is Cc1ccc(OCCCc2c(C(=O)NS(C)(=O)=O)[nH]c3ccccc23)cc1. The lowest BCUT2D eigenvalue weighted by molar-refractivity contribution is 0.0976. The Kier molecular flexibility index (Phi) is 5.51. The average Bonchev–Trinajstić information content (AvgIpc) is 2.98. The van der Waals surface area contributed by atoms with Gasteiger partial charge >= 0.3 is 0 Å². The summed E-state index contributed by atoms with van der Waals surface area (Å²) in [5.74, 6) is 0.151. The van der Waals surface area contributed by atoms with E-state index in [1.807, 2.05) is 60.2 Å². The molecule has 0 radical (unpaired) electrons. The number of rotatable bonds is 7. The van der Waals surface area contributed by atoms with Crippen molar-refractivity contribution >= 4 is 26.8 Å². The van der Waals surface area contributed by atoms with E-state index in [0.29, 0.717) is 19.4 Å². The number of carbonyl (C=O) groups is 1. The van der Waals surface area contributed by atoms with Crippen molar-refractivity contribution in [3.63, 3.8) is 0 Å². The normalized spacial score (nSPS) is 11.5. The Morgan fingerprint density at radius 2 is 1.81 bits per heavy atom. The van der Waals surface area contributed by atoms with Gasteiger partial charge in [0, 0.05) is 10.9 Å². The lowest BCUT2D eigenvalue weighted by atomic mass is 10.1. The lowest BCUT2D eigenvalue weighted by Gasteiger charge is -2.08. The molecule has 0 spiro atoms. The quantitative estimate of drug-likeness (QED) is 0.611. The first-order chi connectivity index (χ1) is 12.8. The Hall–Kier alpha value is -2.80. The summed E-state index contributed by atoms with van der Waals surface area (Å²) in [6.45, 7) is 2.51. The molecule has 0 aliphatic carbocycles. The van der Waals surface area contributed by atoms with Crippen LogP contribution in [0.2, 0.25) is 0 Å². The first kappa shape index (κ1) is 19.0. The van der Waals surface area contributed by atoms with Crippen LogP contribution in [0.15, 0.2) is 48.5 Å². The number of ether oxygens (including phenoxy) is 1. The number of sulfonamides is 1. The fraction of sp³-hybridized carbons (Fsp3) is 0.250. The van der Waals surface area contributed by atoms with Gasteiger partial charge < -0.3 is 9.72 Å². The number of aryl methyl sites for hydroxylation is 2. The first-order valence-corrected chi connectivity index (χ1v) is 10.5. The van der Waals surface area contributed by atoms with E-state index in [4.69, 9.17) is 4.74 Å². The van der Waals surface area contributed by atoms with Gasteiger partial charge in [-0.15, -0.1) is 0 Å². The van der Waals surface area contributed by atoms with E-state index in [2.05, 4.69) is 4.98 Å². The van der Waals surface area contributed by atoms with Crippen LogP contribution in [0.4, 0.5) is 0 Å². The van der Waals surface area contributed by atoms with Gasteiger partial charge in [-0.05, 0) is 43.5 Å². The predicted molar refractivity (Wildman–Crippen MR) is 106 cm³/mol. The van der Waals surface area contributed by atoms with Gasteiger partial charge in [-0.1, -0.05) is 35.9 Å². The molecule has 1 aromatic heterocycles. The van der Waals surface area contributed by atoms with E-state index in [-0.39, 0.29) is 5.69 Å². The van der Waals surface area contributed by atoms with Gasteiger partial charge in [-0.25, -0.2) is 13.1 Å². The second-order valence-corrected chi connectivity index (χ2v) is 8.24. The number of para-hydroxylation sites is 1. The standard InChI is InChI=1S/C20H22N2O4S/c1-14-9-11-15(12-10-14)26-13-5-7-17-16-6-3-4-8-18(16)21-19(17)20(23)22-27(2,24)25/h3-4,6,8-12,21H,5,7,13H2,1-2H3,(H,22,23). The maximum absolute atomic E-state index is 12.4. The van der Waals surface area contributed by atoms with Crippen LogP contribution >= 0.6 is 0 Å². The molecule has 1 amide bonds. The fourth-order valence-electron chi connectivity index (χ4n) is 2.95. The Balaban J connectivity index is 1.74. The van der Waals surface area contributed by atoms with Crippen molar-refractivity contribution in [1.29, 1.82) is 0 Å². The zero-order valence-electron chi connectivity index (χ0n) is 15.3. The topological polar surface area (TPSA) is 88.3 Å². The smallest absolute Gasteiger partial charge is 0.281 e. The molecule has 0 unspecified atom stereocenters. The average molecular weight is 386 g/mol. The van der Waals surface area contributed by atoms with E-state index >= 15 is 0 Å². The minimum absolute atomic E-state index is 0.275. The summed E-state index contributed by atoms with van der Waals surface area (Å²) in [4.78, 5) is 15.4. The summed E-state index contributed by atoms with van der Waals surface area (Å²) in [7, 11) is -3.63. The largest absolute Gasteiger partial charge is 0.494 e. The van der Waals surface area contributed by atoms with Crippen molar-refractivity contribution in [2.24, 2.45) is 0 Å². The molecule has 0 saturated heterocycles. The molecule has 1 heterocycles. The second-order valence-electron chi connectivity index (χ2n) is 6.49. The summed E-state index contributed by atoms with van der Waals surface area (Å²) in [6.07, 6.45) is 2.24.